The Morgan fingerprint density at radius 3 is 2.58 bits per heavy atom. The first kappa shape index (κ1) is 18.7. The number of benzene rings is 2. The fourth-order valence-electron chi connectivity index (χ4n) is 2.43. The molecule has 0 atom stereocenters. The molecule has 0 spiro atoms. The van der Waals surface area contributed by atoms with E-state index in [1.54, 1.807) is 23.1 Å². The molecule has 3 rings (SSSR count). The zero-order valence-corrected chi connectivity index (χ0v) is 16.5. The first-order valence-electron chi connectivity index (χ1n) is 7.83. The van der Waals surface area contributed by atoms with Gasteiger partial charge in [-0.2, -0.15) is 0 Å². The van der Waals surface area contributed by atoms with Gasteiger partial charge in [-0.1, -0.05) is 35.3 Å². The molecule has 0 radical (unpaired) electrons. The zero-order valence-electron chi connectivity index (χ0n) is 14.2. The predicted octanol–water partition coefficient (Wildman–Crippen LogP) is 6.02. The average molecular weight is 407 g/mol. The summed E-state index contributed by atoms with van der Waals surface area (Å²) in [5.41, 5.74) is 2.59. The summed E-state index contributed by atoms with van der Waals surface area (Å²) in [5, 5.41) is 3.49. The van der Waals surface area contributed by atoms with Crippen LogP contribution in [0.5, 0.6) is 5.75 Å². The normalized spacial score (nSPS) is 10.6. The fraction of sp³-hybridized carbons (Fsp3) is 0.158. The van der Waals surface area contributed by atoms with Gasteiger partial charge in [-0.05, 0) is 42.8 Å². The van der Waals surface area contributed by atoms with Crippen LogP contribution in [0.25, 0.3) is 0 Å². The van der Waals surface area contributed by atoms with Crippen molar-refractivity contribution >= 4 is 51.3 Å². The van der Waals surface area contributed by atoms with Crippen molar-refractivity contribution in [2.24, 2.45) is 0 Å². The van der Waals surface area contributed by atoms with E-state index in [9.17, 15) is 4.79 Å². The molecule has 0 saturated carbocycles. The SMILES string of the molecule is CC(=O)N(c1cccc(C)c1)c1nc(COc2cc(Cl)cc(Cl)c2)cs1. The lowest BCUT2D eigenvalue weighted by Gasteiger charge is -2.18. The minimum absolute atomic E-state index is 0.0981. The molecule has 0 aliphatic carbocycles. The molecule has 1 heterocycles. The molecular formula is C19H16Cl2N2O2S. The number of carbonyl (C=O) groups excluding carboxylic acids is 1. The van der Waals surface area contributed by atoms with Crippen molar-refractivity contribution in [3.05, 3.63) is 69.1 Å². The monoisotopic (exact) mass is 406 g/mol. The van der Waals surface area contributed by atoms with E-state index in [2.05, 4.69) is 4.98 Å². The van der Waals surface area contributed by atoms with Crippen molar-refractivity contribution in [3.63, 3.8) is 0 Å². The molecule has 0 unspecified atom stereocenters. The third-order valence-electron chi connectivity index (χ3n) is 3.53. The van der Waals surface area contributed by atoms with E-state index in [0.717, 1.165) is 16.9 Å². The number of halogens is 2. The minimum atomic E-state index is -0.0981. The molecule has 26 heavy (non-hydrogen) atoms. The second-order valence-corrected chi connectivity index (χ2v) is 7.42. The molecule has 3 aromatic rings. The van der Waals surface area contributed by atoms with Crippen LogP contribution in [-0.2, 0) is 11.4 Å². The first-order chi connectivity index (χ1) is 12.4. The second-order valence-electron chi connectivity index (χ2n) is 5.71. The lowest BCUT2D eigenvalue weighted by molar-refractivity contribution is -0.115. The Bertz CT molecular complexity index is 923. The Kier molecular flexibility index (Phi) is 5.81. The Morgan fingerprint density at radius 2 is 1.92 bits per heavy atom. The lowest BCUT2D eigenvalue weighted by Crippen LogP contribution is -2.22. The van der Waals surface area contributed by atoms with E-state index in [4.69, 9.17) is 27.9 Å². The van der Waals surface area contributed by atoms with E-state index >= 15 is 0 Å². The number of rotatable bonds is 5. The molecule has 0 aliphatic rings. The third kappa shape index (κ3) is 4.55. The van der Waals surface area contributed by atoms with Gasteiger partial charge in [0, 0.05) is 22.3 Å². The second kappa shape index (κ2) is 8.08. The van der Waals surface area contributed by atoms with E-state index in [0.29, 0.717) is 20.9 Å². The van der Waals surface area contributed by atoms with Gasteiger partial charge in [-0.3, -0.25) is 9.69 Å². The molecule has 0 bridgehead atoms. The van der Waals surface area contributed by atoms with Gasteiger partial charge in [0.25, 0.3) is 0 Å². The summed E-state index contributed by atoms with van der Waals surface area (Å²) in [5.74, 6) is 0.471. The maximum Gasteiger partial charge on any atom is 0.230 e. The number of hydrogen-bond acceptors (Lipinski definition) is 4. The maximum absolute atomic E-state index is 12.2. The van der Waals surface area contributed by atoms with Crippen LogP contribution >= 0.6 is 34.5 Å². The minimum Gasteiger partial charge on any atom is -0.487 e. The Hall–Kier alpha value is -2.08. The summed E-state index contributed by atoms with van der Waals surface area (Å²) in [6.07, 6.45) is 0. The van der Waals surface area contributed by atoms with Gasteiger partial charge in [0.05, 0.1) is 11.4 Å². The van der Waals surface area contributed by atoms with E-state index in [1.165, 1.54) is 18.3 Å². The lowest BCUT2D eigenvalue weighted by atomic mass is 10.2. The van der Waals surface area contributed by atoms with Crippen LogP contribution in [0.1, 0.15) is 18.2 Å². The summed E-state index contributed by atoms with van der Waals surface area (Å²) >= 11 is 13.3. The molecule has 1 aromatic heterocycles. The van der Waals surface area contributed by atoms with Gasteiger partial charge in [-0.25, -0.2) is 4.98 Å². The number of aromatic nitrogens is 1. The molecule has 1 amide bonds. The smallest absolute Gasteiger partial charge is 0.230 e. The van der Waals surface area contributed by atoms with E-state index < -0.39 is 0 Å². The first-order valence-corrected chi connectivity index (χ1v) is 9.46. The van der Waals surface area contributed by atoms with Gasteiger partial charge >= 0.3 is 0 Å². The van der Waals surface area contributed by atoms with Gasteiger partial charge in [0.15, 0.2) is 5.13 Å². The summed E-state index contributed by atoms with van der Waals surface area (Å²) in [7, 11) is 0. The standard InChI is InChI=1S/C19H16Cl2N2O2S/c1-12-4-3-5-17(6-12)23(13(2)24)19-22-16(11-26-19)10-25-18-8-14(20)7-15(21)9-18/h3-9,11H,10H2,1-2H3. The molecular weight excluding hydrogens is 391 g/mol. The van der Waals surface area contributed by atoms with Crippen LogP contribution in [-0.4, -0.2) is 10.9 Å². The highest BCUT2D eigenvalue weighted by Crippen LogP contribution is 2.30. The topological polar surface area (TPSA) is 42.4 Å². The fourth-order valence-corrected chi connectivity index (χ4v) is 3.81. The van der Waals surface area contributed by atoms with Crippen molar-refractivity contribution < 1.29 is 9.53 Å². The summed E-state index contributed by atoms with van der Waals surface area (Å²) in [6.45, 7) is 3.76. The number of amides is 1. The summed E-state index contributed by atoms with van der Waals surface area (Å²) in [6, 6.07) is 12.8. The Labute approximate surface area is 166 Å². The molecule has 0 N–H and O–H groups in total. The van der Waals surface area contributed by atoms with Crippen molar-refractivity contribution in [2.45, 2.75) is 20.5 Å². The van der Waals surface area contributed by atoms with Gasteiger partial charge in [-0.15, -0.1) is 11.3 Å². The third-order valence-corrected chi connectivity index (χ3v) is 4.84. The molecule has 2 aromatic carbocycles. The largest absolute Gasteiger partial charge is 0.487 e. The van der Waals surface area contributed by atoms with Crippen molar-refractivity contribution in [1.82, 2.24) is 4.98 Å². The average Bonchev–Trinajstić information content (AvgIpc) is 3.00. The summed E-state index contributed by atoms with van der Waals surface area (Å²) in [4.78, 5) is 18.3. The molecule has 134 valence electrons. The molecule has 7 heteroatoms. The highest BCUT2D eigenvalue weighted by molar-refractivity contribution is 7.14. The van der Waals surface area contributed by atoms with Crippen LogP contribution in [0.3, 0.4) is 0 Å². The summed E-state index contributed by atoms with van der Waals surface area (Å²) < 4.78 is 5.70. The molecule has 4 nitrogen and oxygen atoms in total. The highest BCUT2D eigenvalue weighted by atomic mass is 35.5. The van der Waals surface area contributed by atoms with Crippen molar-refractivity contribution in [2.75, 3.05) is 4.90 Å². The number of aryl methyl sites for hydroxylation is 1. The number of thiazole rings is 1. The van der Waals surface area contributed by atoms with Gasteiger partial charge < -0.3 is 4.74 Å². The van der Waals surface area contributed by atoms with Crippen LogP contribution < -0.4 is 9.64 Å². The van der Waals surface area contributed by atoms with Crippen LogP contribution in [0.15, 0.2) is 47.8 Å². The van der Waals surface area contributed by atoms with Crippen LogP contribution in [0.2, 0.25) is 10.0 Å². The zero-order chi connectivity index (χ0) is 18.7. The molecule has 0 saturated heterocycles. The van der Waals surface area contributed by atoms with Gasteiger partial charge in [0.2, 0.25) is 5.91 Å². The quantitative estimate of drug-likeness (QED) is 0.519. The van der Waals surface area contributed by atoms with E-state index in [-0.39, 0.29) is 12.5 Å². The van der Waals surface area contributed by atoms with Crippen molar-refractivity contribution in [3.8, 4) is 5.75 Å². The van der Waals surface area contributed by atoms with Crippen LogP contribution in [0.4, 0.5) is 10.8 Å². The van der Waals surface area contributed by atoms with E-state index in [1.807, 2.05) is 36.6 Å². The molecule has 0 fully saturated rings. The number of ether oxygens (including phenoxy) is 1. The predicted molar refractivity (Wildman–Crippen MR) is 107 cm³/mol. The number of hydrogen-bond donors (Lipinski definition) is 0. The van der Waals surface area contributed by atoms with Crippen molar-refractivity contribution in [1.29, 1.82) is 0 Å². The number of anilines is 2. The maximum atomic E-state index is 12.2. The van der Waals surface area contributed by atoms with Crippen LogP contribution in [0, 0.1) is 6.92 Å². The number of carbonyl (C=O) groups is 1. The molecule has 0 aliphatic heterocycles. The Balaban J connectivity index is 1.78. The highest BCUT2D eigenvalue weighted by Gasteiger charge is 2.18. The Morgan fingerprint density at radius 1 is 1.19 bits per heavy atom. The van der Waals surface area contributed by atoms with Gasteiger partial charge in [0.1, 0.15) is 12.4 Å². The number of nitrogens with zero attached hydrogens (tertiary/aromatic N) is 2.